The lowest BCUT2D eigenvalue weighted by Crippen LogP contribution is -2.56. The van der Waals surface area contributed by atoms with Crippen molar-refractivity contribution in [2.75, 3.05) is 19.7 Å². The van der Waals surface area contributed by atoms with E-state index in [2.05, 4.69) is 21.3 Å². The fourth-order valence-electron chi connectivity index (χ4n) is 2.13. The molecule has 0 saturated heterocycles. The van der Waals surface area contributed by atoms with Gasteiger partial charge in [-0.3, -0.25) is 24.0 Å². The van der Waals surface area contributed by atoms with Gasteiger partial charge in [0.05, 0.1) is 26.1 Å². The first-order chi connectivity index (χ1) is 13.9. The van der Waals surface area contributed by atoms with E-state index in [1.165, 1.54) is 13.8 Å². The quantitative estimate of drug-likeness (QED) is 0.139. The largest absolute Gasteiger partial charge is 0.481 e. The second kappa shape index (κ2) is 13.1. The van der Waals surface area contributed by atoms with Gasteiger partial charge in [0.2, 0.25) is 23.6 Å². The van der Waals surface area contributed by atoms with Crippen LogP contribution in [-0.2, 0) is 28.8 Å². The number of nitrogens with two attached hydrogens (primary N) is 1. The van der Waals surface area contributed by atoms with Gasteiger partial charge in [0.1, 0.15) is 18.1 Å². The summed E-state index contributed by atoms with van der Waals surface area (Å²) in [6, 6.07) is -4.27. The van der Waals surface area contributed by atoms with Crippen molar-refractivity contribution < 1.29 is 44.1 Å². The number of hydrogen-bond acceptors (Lipinski definition) is 8. The Hall–Kier alpha value is -3.26. The van der Waals surface area contributed by atoms with Gasteiger partial charge in [-0.2, -0.15) is 0 Å². The number of amides is 4. The number of aliphatic hydroxyl groups excluding tert-OH is 1. The lowest BCUT2D eigenvalue weighted by molar-refractivity contribution is -0.144. The Morgan fingerprint density at radius 2 is 1.43 bits per heavy atom. The molecule has 0 spiro atoms. The molecule has 9 N–H and O–H groups in total. The molecule has 0 aliphatic rings. The first kappa shape index (κ1) is 26.7. The predicted molar refractivity (Wildman–Crippen MR) is 99.7 cm³/mol. The second-order valence-electron chi connectivity index (χ2n) is 6.51. The van der Waals surface area contributed by atoms with Gasteiger partial charge >= 0.3 is 11.9 Å². The molecule has 3 unspecified atom stereocenters. The summed E-state index contributed by atoms with van der Waals surface area (Å²) in [5.74, 6) is -6.89. The fraction of sp³-hybridized carbons (Fsp3) is 0.625. The fourth-order valence-corrected chi connectivity index (χ4v) is 2.13. The van der Waals surface area contributed by atoms with E-state index < -0.39 is 85.7 Å². The number of carboxylic acid groups (broad SMARTS) is 2. The standard InChI is InChI=1S/C16H27N5O9/c1-7(2)13(16(29)30)21-15(28)8(3-12(25)26)19-11(24)5-18-14(27)9(6-22)20-10(23)4-17/h7-9,13,22H,3-6,17H2,1-2H3,(H,18,27)(H,19,24)(H,20,23)(H,21,28)(H,25,26)(H,29,30). The van der Waals surface area contributed by atoms with Gasteiger partial charge in [0.15, 0.2) is 0 Å². The number of carbonyl (C=O) groups excluding carboxylic acids is 4. The summed E-state index contributed by atoms with van der Waals surface area (Å²) >= 11 is 0. The monoisotopic (exact) mass is 433 g/mol. The van der Waals surface area contributed by atoms with Crippen LogP contribution < -0.4 is 27.0 Å². The van der Waals surface area contributed by atoms with Crippen molar-refractivity contribution in [1.82, 2.24) is 21.3 Å². The maximum Gasteiger partial charge on any atom is 0.326 e. The number of aliphatic hydroxyl groups is 1. The minimum atomic E-state index is -1.60. The topological polar surface area (TPSA) is 237 Å². The van der Waals surface area contributed by atoms with E-state index in [0.717, 1.165) is 0 Å². The van der Waals surface area contributed by atoms with Gasteiger partial charge < -0.3 is 42.3 Å². The molecule has 170 valence electrons. The van der Waals surface area contributed by atoms with Crippen LogP contribution in [0.15, 0.2) is 0 Å². The van der Waals surface area contributed by atoms with E-state index in [0.29, 0.717) is 0 Å². The Bertz CT molecular complexity index is 667. The van der Waals surface area contributed by atoms with E-state index in [4.69, 9.17) is 21.1 Å². The third kappa shape index (κ3) is 9.79. The minimum absolute atomic E-state index is 0.427. The number of carbonyl (C=O) groups is 6. The van der Waals surface area contributed by atoms with Gasteiger partial charge in [-0.05, 0) is 5.92 Å². The van der Waals surface area contributed by atoms with Crippen molar-refractivity contribution in [3.8, 4) is 0 Å². The summed E-state index contributed by atoms with van der Waals surface area (Å²) in [4.78, 5) is 69.5. The Morgan fingerprint density at radius 1 is 0.867 bits per heavy atom. The molecule has 0 bridgehead atoms. The Morgan fingerprint density at radius 3 is 1.87 bits per heavy atom. The van der Waals surface area contributed by atoms with Crippen molar-refractivity contribution >= 4 is 35.6 Å². The van der Waals surface area contributed by atoms with Crippen LogP contribution in [-0.4, -0.2) is 88.7 Å². The highest BCUT2D eigenvalue weighted by atomic mass is 16.4. The van der Waals surface area contributed by atoms with Crippen LogP contribution in [0.5, 0.6) is 0 Å². The summed E-state index contributed by atoms with van der Waals surface area (Å²) in [6.07, 6.45) is -0.832. The molecule has 14 heteroatoms. The van der Waals surface area contributed by atoms with E-state index in [9.17, 15) is 28.8 Å². The second-order valence-corrected chi connectivity index (χ2v) is 6.51. The summed E-state index contributed by atoms with van der Waals surface area (Å²) in [5, 5.41) is 35.6. The highest BCUT2D eigenvalue weighted by molar-refractivity contribution is 5.95. The summed E-state index contributed by atoms with van der Waals surface area (Å²) in [7, 11) is 0. The van der Waals surface area contributed by atoms with E-state index in [1.54, 1.807) is 0 Å². The number of hydrogen-bond donors (Lipinski definition) is 8. The molecule has 0 rings (SSSR count). The molecule has 0 fully saturated rings. The highest BCUT2D eigenvalue weighted by Crippen LogP contribution is 2.03. The van der Waals surface area contributed by atoms with E-state index in [1.807, 2.05) is 0 Å². The third-order valence-corrected chi connectivity index (χ3v) is 3.70. The molecule has 14 nitrogen and oxygen atoms in total. The molecular weight excluding hydrogens is 406 g/mol. The summed E-state index contributed by atoms with van der Waals surface area (Å²) < 4.78 is 0. The molecule has 30 heavy (non-hydrogen) atoms. The zero-order valence-corrected chi connectivity index (χ0v) is 16.5. The van der Waals surface area contributed by atoms with Crippen molar-refractivity contribution in [3.63, 3.8) is 0 Å². The lowest BCUT2D eigenvalue weighted by Gasteiger charge is -2.22. The molecule has 0 heterocycles. The van der Waals surface area contributed by atoms with Crippen LogP contribution in [0.4, 0.5) is 0 Å². The third-order valence-electron chi connectivity index (χ3n) is 3.70. The van der Waals surface area contributed by atoms with Gasteiger partial charge in [0.25, 0.3) is 0 Å². The zero-order chi connectivity index (χ0) is 23.4. The molecule has 4 amide bonds. The zero-order valence-electron chi connectivity index (χ0n) is 16.5. The number of aliphatic carboxylic acids is 2. The van der Waals surface area contributed by atoms with Gasteiger partial charge in [0, 0.05) is 0 Å². The molecule has 0 aromatic rings. The maximum atomic E-state index is 12.2. The summed E-state index contributed by atoms with van der Waals surface area (Å²) in [6.45, 7) is 1.16. The molecule has 0 aliphatic carbocycles. The van der Waals surface area contributed by atoms with Gasteiger partial charge in [-0.25, -0.2) is 4.79 Å². The van der Waals surface area contributed by atoms with Crippen LogP contribution in [0.1, 0.15) is 20.3 Å². The molecular formula is C16H27N5O9. The molecule has 0 aromatic carbocycles. The lowest BCUT2D eigenvalue weighted by atomic mass is 10.0. The van der Waals surface area contributed by atoms with Crippen LogP contribution >= 0.6 is 0 Å². The van der Waals surface area contributed by atoms with Crippen LogP contribution in [0.25, 0.3) is 0 Å². The Labute approximate surface area is 171 Å². The van der Waals surface area contributed by atoms with Crippen LogP contribution in [0.2, 0.25) is 0 Å². The Kier molecular flexibility index (Phi) is 11.6. The number of carboxylic acids is 2. The van der Waals surface area contributed by atoms with Crippen molar-refractivity contribution in [2.24, 2.45) is 11.7 Å². The first-order valence-electron chi connectivity index (χ1n) is 8.85. The van der Waals surface area contributed by atoms with Crippen LogP contribution in [0.3, 0.4) is 0 Å². The van der Waals surface area contributed by atoms with Gasteiger partial charge in [-0.15, -0.1) is 0 Å². The first-order valence-corrected chi connectivity index (χ1v) is 8.85. The Balaban J connectivity index is 4.97. The van der Waals surface area contributed by atoms with E-state index in [-0.39, 0.29) is 0 Å². The molecule has 0 aromatic heterocycles. The SMILES string of the molecule is CC(C)C(NC(=O)C(CC(=O)O)NC(=O)CNC(=O)C(CO)NC(=O)CN)C(=O)O. The van der Waals surface area contributed by atoms with Crippen LogP contribution in [0, 0.1) is 5.92 Å². The van der Waals surface area contributed by atoms with Crippen molar-refractivity contribution in [1.29, 1.82) is 0 Å². The average molecular weight is 433 g/mol. The molecule has 0 saturated carbocycles. The number of nitrogens with one attached hydrogen (secondary N) is 4. The predicted octanol–water partition coefficient (Wildman–Crippen LogP) is -4.28. The smallest absolute Gasteiger partial charge is 0.326 e. The van der Waals surface area contributed by atoms with E-state index >= 15 is 0 Å². The minimum Gasteiger partial charge on any atom is -0.481 e. The van der Waals surface area contributed by atoms with Gasteiger partial charge in [-0.1, -0.05) is 13.8 Å². The maximum absolute atomic E-state index is 12.2. The number of rotatable bonds is 13. The molecule has 3 atom stereocenters. The normalized spacial score (nSPS) is 13.5. The van der Waals surface area contributed by atoms with Crippen molar-refractivity contribution in [3.05, 3.63) is 0 Å². The van der Waals surface area contributed by atoms with Crippen molar-refractivity contribution in [2.45, 2.75) is 38.4 Å². The average Bonchev–Trinajstić information content (AvgIpc) is 2.66. The highest BCUT2D eigenvalue weighted by Gasteiger charge is 2.30. The molecule has 0 radical (unpaired) electrons. The molecule has 0 aliphatic heterocycles. The summed E-state index contributed by atoms with van der Waals surface area (Å²) in [5.41, 5.74) is 5.08.